The van der Waals surface area contributed by atoms with Gasteiger partial charge in [-0.2, -0.15) is 0 Å². The van der Waals surface area contributed by atoms with E-state index in [1.165, 1.54) is 94.8 Å². The molecule has 0 bridgehead atoms. The van der Waals surface area contributed by atoms with Crippen LogP contribution in [0.25, 0.3) is 0 Å². The molecular formula is C38H59NO8S. The number of benzene rings is 2. The molecule has 2 N–H and O–H groups in total. The van der Waals surface area contributed by atoms with Crippen molar-refractivity contribution in [2.75, 3.05) is 44.1 Å². The summed E-state index contributed by atoms with van der Waals surface area (Å²) < 4.78 is 29.8. The van der Waals surface area contributed by atoms with Crippen molar-refractivity contribution in [2.24, 2.45) is 0 Å². The van der Waals surface area contributed by atoms with Crippen molar-refractivity contribution < 1.29 is 38.6 Å². The second-order valence-electron chi connectivity index (χ2n) is 12.4. The molecule has 2 aromatic carbocycles. The Balaban J connectivity index is 1.76. The van der Waals surface area contributed by atoms with Gasteiger partial charge in [0.15, 0.2) is 10.6 Å². The third-order valence-electron chi connectivity index (χ3n) is 8.12. The third kappa shape index (κ3) is 19.0. The summed E-state index contributed by atoms with van der Waals surface area (Å²) in [4.78, 5) is 24.9. The quantitative estimate of drug-likeness (QED) is 0.0610. The first-order valence-corrected chi connectivity index (χ1v) is 19.5. The lowest BCUT2D eigenvalue weighted by Gasteiger charge is -2.22. The maximum Gasteiger partial charge on any atom is 0.323 e. The topological polar surface area (TPSA) is 129 Å². The van der Waals surface area contributed by atoms with Crippen LogP contribution in [0.3, 0.4) is 0 Å². The van der Waals surface area contributed by atoms with Gasteiger partial charge in [-0.25, -0.2) is 0 Å². The summed E-state index contributed by atoms with van der Waals surface area (Å²) in [5.41, 5.74) is 0.398. The molecule has 0 saturated heterocycles. The number of hydrogen-bond donors (Lipinski definition) is 2. The fourth-order valence-corrected chi connectivity index (χ4v) is 6.23. The lowest BCUT2D eigenvalue weighted by Crippen LogP contribution is -2.34. The van der Waals surface area contributed by atoms with Crippen molar-refractivity contribution in [1.29, 1.82) is 0 Å². The molecule has 0 spiro atoms. The molecule has 0 amide bonds. The zero-order valence-corrected chi connectivity index (χ0v) is 30.1. The Kier molecular flexibility index (Phi) is 22.1. The first-order valence-electron chi connectivity index (χ1n) is 17.9. The molecule has 1 unspecified atom stereocenters. The van der Waals surface area contributed by atoms with E-state index >= 15 is 0 Å². The molecule has 0 radical (unpaired) electrons. The molecule has 0 aliphatic carbocycles. The summed E-state index contributed by atoms with van der Waals surface area (Å²) in [5.74, 6) is -0.750. The Morgan fingerprint density at radius 2 is 1.08 bits per heavy atom. The van der Waals surface area contributed by atoms with Gasteiger partial charge in [0, 0.05) is 30.3 Å². The van der Waals surface area contributed by atoms with Crippen LogP contribution in [0.1, 0.15) is 116 Å². The van der Waals surface area contributed by atoms with E-state index in [9.17, 15) is 24.4 Å². The normalized spacial score (nSPS) is 11.6. The van der Waals surface area contributed by atoms with Crippen LogP contribution in [0.15, 0.2) is 47.4 Å². The molecule has 0 aliphatic heterocycles. The Morgan fingerprint density at radius 1 is 0.646 bits per heavy atom. The number of carboxylic acids is 2. The summed E-state index contributed by atoms with van der Waals surface area (Å²) in [6, 6.07) is 12.2. The van der Waals surface area contributed by atoms with E-state index in [1.54, 1.807) is 36.6 Å². The molecule has 0 aromatic heterocycles. The van der Waals surface area contributed by atoms with Gasteiger partial charge >= 0.3 is 11.9 Å². The number of nitrogens with zero attached hydrogens (tertiary/aromatic N) is 1. The van der Waals surface area contributed by atoms with Crippen LogP contribution in [-0.2, 0) is 20.8 Å². The van der Waals surface area contributed by atoms with Crippen LogP contribution in [0.2, 0.25) is 0 Å². The molecule has 270 valence electrons. The van der Waals surface area contributed by atoms with Crippen molar-refractivity contribution in [3.8, 4) is 17.2 Å². The Hall–Kier alpha value is -3.11. The molecule has 10 heteroatoms. The molecule has 0 fully saturated rings. The number of unbranched alkanes of at least 4 members (excludes halogenated alkanes) is 15. The van der Waals surface area contributed by atoms with Crippen molar-refractivity contribution in [2.45, 2.75) is 121 Å². The molecule has 2 aromatic rings. The van der Waals surface area contributed by atoms with E-state index in [0.29, 0.717) is 54.1 Å². The van der Waals surface area contributed by atoms with Crippen molar-refractivity contribution in [3.63, 3.8) is 0 Å². The van der Waals surface area contributed by atoms with Gasteiger partial charge in [-0.05, 0) is 29.7 Å². The average molecular weight is 690 g/mol. The Bertz CT molecular complexity index is 1150. The molecular weight excluding hydrogens is 630 g/mol. The lowest BCUT2D eigenvalue weighted by atomic mass is 10.0. The minimum atomic E-state index is -1.16. The summed E-state index contributed by atoms with van der Waals surface area (Å²) in [6.07, 6.45) is 22.8. The highest BCUT2D eigenvalue weighted by atomic mass is 32.2. The predicted octanol–water partition coefficient (Wildman–Crippen LogP) is 8.89. The highest BCUT2D eigenvalue weighted by Gasteiger charge is 2.17. The molecule has 1 atom stereocenters. The second kappa shape index (κ2) is 25.8. The SMILES string of the molecule is CCCCCCCCCCCCCCCCCCOc1cc(OCCCOc2ccccc2[S+](C)[O-])cc(N(CC(=O)O)CC(=O)O)c1. The Labute approximate surface area is 291 Å². The van der Waals surface area contributed by atoms with Gasteiger partial charge in [0.1, 0.15) is 30.8 Å². The van der Waals surface area contributed by atoms with E-state index in [2.05, 4.69) is 6.92 Å². The number of para-hydroxylation sites is 1. The van der Waals surface area contributed by atoms with Crippen LogP contribution in [0.5, 0.6) is 17.2 Å². The average Bonchev–Trinajstić information content (AvgIpc) is 3.05. The maximum atomic E-state index is 11.9. The number of carboxylic acid groups (broad SMARTS) is 2. The standard InChI is InChI=1S/C38H59NO8S/c1-3-4-5-6-7-8-9-10-11-12-13-14-15-16-17-20-24-45-33-27-32(39(30-37(40)41)31-38(42)43)28-34(29-33)46-25-21-26-47-35-22-18-19-23-36(35)48(2)44/h18-19,22-23,27-29H,3-17,20-21,24-26,30-31H2,1-2H3,(H,40,41)(H,42,43). The largest absolute Gasteiger partial charge is 0.612 e. The Morgan fingerprint density at radius 3 is 1.56 bits per heavy atom. The van der Waals surface area contributed by atoms with Gasteiger partial charge < -0.3 is 33.9 Å². The summed E-state index contributed by atoms with van der Waals surface area (Å²) in [6.45, 7) is 2.48. The van der Waals surface area contributed by atoms with Gasteiger partial charge in [-0.1, -0.05) is 115 Å². The van der Waals surface area contributed by atoms with Crippen molar-refractivity contribution in [1.82, 2.24) is 0 Å². The molecule has 48 heavy (non-hydrogen) atoms. The zero-order chi connectivity index (χ0) is 34.8. The number of hydrogen-bond acceptors (Lipinski definition) is 7. The number of carbonyl (C=O) groups is 2. The van der Waals surface area contributed by atoms with E-state index in [4.69, 9.17) is 14.2 Å². The molecule has 2 rings (SSSR count). The highest BCUT2D eigenvalue weighted by molar-refractivity contribution is 7.90. The van der Waals surface area contributed by atoms with Crippen LogP contribution in [-0.4, -0.2) is 65.9 Å². The van der Waals surface area contributed by atoms with Crippen LogP contribution < -0.4 is 19.1 Å². The first kappa shape index (κ1) is 41.1. The van der Waals surface area contributed by atoms with Gasteiger partial charge in [0.25, 0.3) is 0 Å². The lowest BCUT2D eigenvalue weighted by molar-refractivity contribution is -0.136. The summed E-state index contributed by atoms with van der Waals surface area (Å²) in [7, 11) is 0. The highest BCUT2D eigenvalue weighted by Crippen LogP contribution is 2.30. The summed E-state index contributed by atoms with van der Waals surface area (Å²) in [5, 5.41) is 18.8. The maximum absolute atomic E-state index is 11.9. The van der Waals surface area contributed by atoms with E-state index in [0.717, 1.165) is 12.8 Å². The first-order chi connectivity index (χ1) is 23.3. The summed E-state index contributed by atoms with van der Waals surface area (Å²) >= 11 is -1.16. The monoisotopic (exact) mass is 689 g/mol. The van der Waals surface area contributed by atoms with Crippen LogP contribution >= 0.6 is 0 Å². The molecule has 9 nitrogen and oxygen atoms in total. The van der Waals surface area contributed by atoms with Gasteiger partial charge in [-0.3, -0.25) is 9.59 Å². The number of aliphatic carboxylic acids is 2. The number of ether oxygens (including phenoxy) is 3. The van der Waals surface area contributed by atoms with E-state index in [-0.39, 0.29) is 0 Å². The van der Waals surface area contributed by atoms with Crippen molar-refractivity contribution >= 4 is 28.8 Å². The number of anilines is 1. The van der Waals surface area contributed by atoms with Gasteiger partial charge in [0.05, 0.1) is 19.8 Å². The van der Waals surface area contributed by atoms with E-state index in [1.807, 2.05) is 12.1 Å². The van der Waals surface area contributed by atoms with Gasteiger partial charge in [-0.15, -0.1) is 0 Å². The smallest absolute Gasteiger partial charge is 0.323 e. The van der Waals surface area contributed by atoms with E-state index < -0.39 is 36.2 Å². The third-order valence-corrected chi connectivity index (χ3v) is 9.08. The fraction of sp³-hybridized carbons (Fsp3) is 0.632. The molecule has 0 aliphatic rings. The van der Waals surface area contributed by atoms with Crippen molar-refractivity contribution in [3.05, 3.63) is 42.5 Å². The zero-order valence-electron chi connectivity index (χ0n) is 29.3. The molecule has 0 heterocycles. The second-order valence-corrected chi connectivity index (χ2v) is 13.8. The van der Waals surface area contributed by atoms with Crippen LogP contribution in [0, 0.1) is 0 Å². The molecule has 0 saturated carbocycles. The number of rotatable bonds is 30. The minimum Gasteiger partial charge on any atom is -0.612 e. The fourth-order valence-electron chi connectivity index (χ4n) is 5.55. The predicted molar refractivity (Wildman–Crippen MR) is 193 cm³/mol. The minimum absolute atomic E-state index is 0.303. The van der Waals surface area contributed by atoms with Crippen LogP contribution in [0.4, 0.5) is 5.69 Å². The van der Waals surface area contributed by atoms with Gasteiger partial charge in [0.2, 0.25) is 0 Å².